The average molecular weight is 285 g/mol. The van der Waals surface area contributed by atoms with E-state index in [1.165, 1.54) is 0 Å². The minimum Gasteiger partial charge on any atom is -0.382 e. The van der Waals surface area contributed by atoms with Crippen molar-refractivity contribution in [2.24, 2.45) is 0 Å². The molecule has 0 aliphatic heterocycles. The van der Waals surface area contributed by atoms with E-state index < -0.39 is 0 Å². The number of rotatable bonds is 1. The molecule has 5 heteroatoms. The molecule has 0 aliphatic carbocycles. The SMILES string of the molecule is Nc1nc(Cl)c(Br)nc1-c1ccccc1. The van der Waals surface area contributed by atoms with Crippen LogP contribution < -0.4 is 5.73 Å². The third kappa shape index (κ3) is 2.11. The monoisotopic (exact) mass is 283 g/mol. The summed E-state index contributed by atoms with van der Waals surface area (Å²) in [6, 6.07) is 9.59. The van der Waals surface area contributed by atoms with Gasteiger partial charge in [-0.2, -0.15) is 0 Å². The van der Waals surface area contributed by atoms with Crippen LogP contribution in [0.3, 0.4) is 0 Å². The Kier molecular flexibility index (Phi) is 2.88. The third-order valence-electron chi connectivity index (χ3n) is 1.89. The Hall–Kier alpha value is -1.13. The number of anilines is 1. The van der Waals surface area contributed by atoms with E-state index in [1.54, 1.807) is 0 Å². The fourth-order valence-corrected chi connectivity index (χ4v) is 1.61. The molecular formula is C10H7BrClN3. The largest absolute Gasteiger partial charge is 0.382 e. The molecule has 1 heterocycles. The molecule has 0 aliphatic rings. The Morgan fingerprint density at radius 2 is 1.80 bits per heavy atom. The molecule has 0 radical (unpaired) electrons. The zero-order valence-corrected chi connectivity index (χ0v) is 9.96. The van der Waals surface area contributed by atoms with Gasteiger partial charge >= 0.3 is 0 Å². The average Bonchev–Trinajstić information content (AvgIpc) is 2.25. The molecule has 0 atom stereocenters. The van der Waals surface area contributed by atoms with Gasteiger partial charge in [0.05, 0.1) is 0 Å². The van der Waals surface area contributed by atoms with E-state index in [1.807, 2.05) is 30.3 Å². The summed E-state index contributed by atoms with van der Waals surface area (Å²) in [5, 5.41) is 0.271. The molecule has 0 saturated carbocycles. The maximum absolute atomic E-state index is 5.77. The van der Waals surface area contributed by atoms with Crippen LogP contribution in [0.25, 0.3) is 11.3 Å². The van der Waals surface area contributed by atoms with Gasteiger partial charge in [0.15, 0.2) is 11.0 Å². The molecule has 2 N–H and O–H groups in total. The smallest absolute Gasteiger partial charge is 0.164 e. The quantitative estimate of drug-likeness (QED) is 0.875. The second-order valence-electron chi connectivity index (χ2n) is 2.91. The standard InChI is InChI=1S/C10H7BrClN3/c11-8-9(12)15-10(13)7(14-8)6-4-2-1-3-5-6/h1-5H,(H2,13,15). The highest BCUT2D eigenvalue weighted by molar-refractivity contribution is 9.10. The van der Waals surface area contributed by atoms with Gasteiger partial charge in [0.25, 0.3) is 0 Å². The van der Waals surface area contributed by atoms with Gasteiger partial charge in [-0.15, -0.1) is 0 Å². The van der Waals surface area contributed by atoms with E-state index >= 15 is 0 Å². The second kappa shape index (κ2) is 4.16. The Morgan fingerprint density at radius 3 is 2.47 bits per heavy atom. The Morgan fingerprint density at radius 1 is 1.13 bits per heavy atom. The first-order valence-electron chi connectivity index (χ1n) is 4.22. The maximum Gasteiger partial charge on any atom is 0.164 e. The number of nitrogens with two attached hydrogens (primary N) is 1. The molecule has 2 rings (SSSR count). The van der Waals surface area contributed by atoms with Gasteiger partial charge in [-0.1, -0.05) is 41.9 Å². The van der Waals surface area contributed by atoms with Crippen LogP contribution in [0.1, 0.15) is 0 Å². The highest BCUT2D eigenvalue weighted by Gasteiger charge is 2.09. The lowest BCUT2D eigenvalue weighted by Crippen LogP contribution is -1.98. The molecule has 0 spiro atoms. The van der Waals surface area contributed by atoms with E-state index in [4.69, 9.17) is 17.3 Å². The molecule has 76 valence electrons. The molecule has 2 aromatic rings. The number of halogens is 2. The van der Waals surface area contributed by atoms with Crippen LogP contribution >= 0.6 is 27.5 Å². The number of benzene rings is 1. The van der Waals surface area contributed by atoms with Crippen molar-refractivity contribution < 1.29 is 0 Å². The van der Waals surface area contributed by atoms with Crippen LogP contribution in [0.5, 0.6) is 0 Å². The van der Waals surface area contributed by atoms with Crippen molar-refractivity contribution in [2.45, 2.75) is 0 Å². The lowest BCUT2D eigenvalue weighted by Gasteiger charge is -2.05. The first-order chi connectivity index (χ1) is 7.18. The summed E-state index contributed by atoms with van der Waals surface area (Å²) < 4.78 is 0.497. The van der Waals surface area contributed by atoms with Crippen LogP contribution in [0, 0.1) is 0 Å². The fraction of sp³-hybridized carbons (Fsp3) is 0. The van der Waals surface area contributed by atoms with E-state index in [2.05, 4.69) is 25.9 Å². The summed E-state index contributed by atoms with van der Waals surface area (Å²) in [4.78, 5) is 8.22. The van der Waals surface area contributed by atoms with Crippen molar-refractivity contribution in [3.05, 3.63) is 40.1 Å². The highest BCUT2D eigenvalue weighted by Crippen LogP contribution is 2.27. The van der Waals surface area contributed by atoms with Crippen molar-refractivity contribution in [1.29, 1.82) is 0 Å². The minimum absolute atomic E-state index is 0.271. The molecule has 0 saturated heterocycles. The van der Waals surface area contributed by atoms with E-state index in [0.29, 0.717) is 16.1 Å². The lowest BCUT2D eigenvalue weighted by atomic mass is 10.1. The topological polar surface area (TPSA) is 51.8 Å². The van der Waals surface area contributed by atoms with Gasteiger partial charge in [0, 0.05) is 5.56 Å². The molecule has 3 nitrogen and oxygen atoms in total. The molecular weight excluding hydrogens is 277 g/mol. The van der Waals surface area contributed by atoms with E-state index in [0.717, 1.165) is 5.56 Å². The van der Waals surface area contributed by atoms with E-state index in [9.17, 15) is 0 Å². The first kappa shape index (κ1) is 10.4. The van der Waals surface area contributed by atoms with Crippen molar-refractivity contribution >= 4 is 33.3 Å². The zero-order valence-electron chi connectivity index (χ0n) is 7.61. The fourth-order valence-electron chi connectivity index (χ4n) is 1.21. The molecule has 1 aromatic heterocycles. The van der Waals surface area contributed by atoms with Crippen LogP contribution in [-0.2, 0) is 0 Å². The Labute approximate surface area is 100 Å². The maximum atomic E-state index is 5.77. The summed E-state index contributed by atoms with van der Waals surface area (Å²) in [5.41, 5.74) is 7.29. The zero-order chi connectivity index (χ0) is 10.8. The van der Waals surface area contributed by atoms with Crippen LogP contribution in [0.15, 0.2) is 34.9 Å². The molecule has 15 heavy (non-hydrogen) atoms. The number of nitrogen functional groups attached to an aromatic ring is 1. The Bertz CT molecular complexity index is 488. The van der Waals surface area contributed by atoms with Gasteiger partial charge in [-0.25, -0.2) is 9.97 Å². The van der Waals surface area contributed by atoms with Crippen molar-refractivity contribution in [3.8, 4) is 11.3 Å². The lowest BCUT2D eigenvalue weighted by molar-refractivity contribution is 1.18. The number of aromatic nitrogens is 2. The van der Waals surface area contributed by atoms with Crippen molar-refractivity contribution in [2.75, 3.05) is 5.73 Å². The van der Waals surface area contributed by atoms with Gasteiger partial charge in [-0.05, 0) is 15.9 Å². The van der Waals surface area contributed by atoms with Gasteiger partial charge in [-0.3, -0.25) is 0 Å². The molecule has 0 bridgehead atoms. The summed E-state index contributed by atoms with van der Waals surface area (Å²) >= 11 is 8.99. The minimum atomic E-state index is 0.271. The van der Waals surface area contributed by atoms with Crippen LogP contribution in [-0.4, -0.2) is 9.97 Å². The Balaban J connectivity index is 2.59. The number of hydrogen-bond acceptors (Lipinski definition) is 3. The first-order valence-corrected chi connectivity index (χ1v) is 5.39. The van der Waals surface area contributed by atoms with Crippen LogP contribution in [0.4, 0.5) is 5.82 Å². The highest BCUT2D eigenvalue weighted by atomic mass is 79.9. The number of hydrogen-bond donors (Lipinski definition) is 1. The summed E-state index contributed by atoms with van der Waals surface area (Å²) in [6.07, 6.45) is 0. The van der Waals surface area contributed by atoms with Gasteiger partial charge in [0.2, 0.25) is 0 Å². The predicted molar refractivity (Wildman–Crippen MR) is 64.6 cm³/mol. The normalized spacial score (nSPS) is 10.3. The van der Waals surface area contributed by atoms with Gasteiger partial charge < -0.3 is 5.73 Å². The van der Waals surface area contributed by atoms with Crippen molar-refractivity contribution in [3.63, 3.8) is 0 Å². The summed E-state index contributed by atoms with van der Waals surface area (Å²) in [6.45, 7) is 0. The molecule has 0 amide bonds. The second-order valence-corrected chi connectivity index (χ2v) is 4.01. The third-order valence-corrected chi connectivity index (χ3v) is 2.93. The van der Waals surface area contributed by atoms with Gasteiger partial charge in [0.1, 0.15) is 10.3 Å². The molecule has 0 fully saturated rings. The number of nitrogens with zero attached hydrogens (tertiary/aromatic N) is 2. The summed E-state index contributed by atoms with van der Waals surface area (Å²) in [7, 11) is 0. The van der Waals surface area contributed by atoms with Crippen molar-refractivity contribution in [1.82, 2.24) is 9.97 Å². The van der Waals surface area contributed by atoms with E-state index in [-0.39, 0.29) is 5.15 Å². The molecule has 0 unspecified atom stereocenters. The van der Waals surface area contributed by atoms with Crippen LogP contribution in [0.2, 0.25) is 5.15 Å². The summed E-state index contributed by atoms with van der Waals surface area (Å²) in [5.74, 6) is 0.328. The molecule has 1 aromatic carbocycles. The predicted octanol–water partition coefficient (Wildman–Crippen LogP) is 3.14.